The highest BCUT2D eigenvalue weighted by atomic mass is 16.2. The maximum absolute atomic E-state index is 12.9. The van der Waals surface area contributed by atoms with Gasteiger partial charge in [0.15, 0.2) is 5.69 Å². The summed E-state index contributed by atoms with van der Waals surface area (Å²) in [5, 5.41) is 10.1. The van der Waals surface area contributed by atoms with Crippen molar-refractivity contribution in [2.45, 2.75) is 45.7 Å². The number of hydrogen-bond acceptors (Lipinski definition) is 4. The predicted molar refractivity (Wildman–Crippen MR) is 118 cm³/mol. The van der Waals surface area contributed by atoms with E-state index in [2.05, 4.69) is 29.6 Å². The van der Waals surface area contributed by atoms with E-state index in [1.54, 1.807) is 14.0 Å². The summed E-state index contributed by atoms with van der Waals surface area (Å²) >= 11 is 0. The van der Waals surface area contributed by atoms with E-state index in [0.717, 1.165) is 12.0 Å². The molecule has 3 rings (SSSR count). The Morgan fingerprint density at radius 2 is 1.87 bits per heavy atom. The molecule has 0 bridgehead atoms. The monoisotopic (exact) mass is 425 g/mol. The summed E-state index contributed by atoms with van der Waals surface area (Å²) in [6.45, 7) is 7.11. The van der Waals surface area contributed by atoms with Crippen LogP contribution in [0.3, 0.4) is 0 Å². The third kappa shape index (κ3) is 4.95. The van der Waals surface area contributed by atoms with Gasteiger partial charge >= 0.3 is 0 Å². The highest BCUT2D eigenvalue weighted by Gasteiger charge is 2.46. The van der Waals surface area contributed by atoms with Crippen LogP contribution in [0.25, 0.3) is 0 Å². The fourth-order valence-electron chi connectivity index (χ4n) is 3.56. The van der Waals surface area contributed by atoms with Crippen molar-refractivity contribution in [3.05, 3.63) is 53.3 Å². The van der Waals surface area contributed by atoms with E-state index in [1.807, 2.05) is 30.3 Å². The summed E-state index contributed by atoms with van der Waals surface area (Å²) in [4.78, 5) is 39.8. The lowest BCUT2D eigenvalue weighted by molar-refractivity contribution is -0.132. The van der Waals surface area contributed by atoms with Gasteiger partial charge in [-0.25, -0.2) is 0 Å². The number of benzene rings is 1. The lowest BCUT2D eigenvalue weighted by atomic mass is 9.95. The Balaban J connectivity index is 1.67. The molecule has 1 aliphatic rings. The van der Waals surface area contributed by atoms with Crippen molar-refractivity contribution in [3.8, 4) is 0 Å². The molecule has 0 fully saturated rings. The van der Waals surface area contributed by atoms with Crippen molar-refractivity contribution >= 4 is 17.7 Å². The van der Waals surface area contributed by atoms with E-state index >= 15 is 0 Å². The van der Waals surface area contributed by atoms with E-state index in [0.29, 0.717) is 31.1 Å². The third-order valence-corrected chi connectivity index (χ3v) is 5.77. The molecule has 0 spiro atoms. The number of nitrogens with zero attached hydrogens (tertiary/aromatic N) is 3. The molecule has 2 heterocycles. The first kappa shape index (κ1) is 22.5. The summed E-state index contributed by atoms with van der Waals surface area (Å²) in [5.41, 5.74) is 0.536. The average Bonchev–Trinajstić information content (AvgIpc) is 3.16. The van der Waals surface area contributed by atoms with Crippen LogP contribution >= 0.6 is 0 Å². The molecule has 1 aliphatic heterocycles. The molecule has 2 aromatic rings. The first-order valence-electron chi connectivity index (χ1n) is 10.7. The van der Waals surface area contributed by atoms with E-state index in [-0.39, 0.29) is 30.0 Å². The molecule has 8 heteroatoms. The minimum atomic E-state index is -1.08. The van der Waals surface area contributed by atoms with Crippen LogP contribution in [0.1, 0.15) is 53.7 Å². The van der Waals surface area contributed by atoms with E-state index in [1.165, 1.54) is 15.6 Å². The van der Waals surface area contributed by atoms with Gasteiger partial charge in [-0.2, -0.15) is 5.10 Å². The summed E-state index contributed by atoms with van der Waals surface area (Å²) in [5.74, 6) is -0.418. The van der Waals surface area contributed by atoms with Gasteiger partial charge < -0.3 is 15.5 Å². The highest BCUT2D eigenvalue weighted by molar-refractivity contribution is 6.01. The molecule has 0 radical (unpaired) electrons. The lowest BCUT2D eigenvalue weighted by Crippen LogP contribution is -2.62. The number of nitrogens with one attached hydrogen (secondary N) is 2. The van der Waals surface area contributed by atoms with Gasteiger partial charge in [-0.05, 0) is 31.2 Å². The fraction of sp³-hybridized carbons (Fsp3) is 0.478. The fourth-order valence-corrected chi connectivity index (χ4v) is 3.56. The molecule has 166 valence electrons. The first-order valence-corrected chi connectivity index (χ1v) is 10.7. The van der Waals surface area contributed by atoms with Crippen molar-refractivity contribution in [2.75, 3.05) is 20.1 Å². The maximum atomic E-state index is 12.9. The minimum absolute atomic E-state index is 0.175. The molecule has 3 amide bonds. The maximum Gasteiger partial charge on any atom is 0.272 e. The van der Waals surface area contributed by atoms with Gasteiger partial charge in [0.2, 0.25) is 5.91 Å². The van der Waals surface area contributed by atoms with Gasteiger partial charge in [-0.1, -0.05) is 44.2 Å². The third-order valence-electron chi connectivity index (χ3n) is 5.77. The number of hydrogen-bond donors (Lipinski definition) is 2. The van der Waals surface area contributed by atoms with Crippen molar-refractivity contribution < 1.29 is 14.4 Å². The Bertz CT molecular complexity index is 953. The molecule has 0 saturated heterocycles. The van der Waals surface area contributed by atoms with Crippen molar-refractivity contribution in [3.63, 3.8) is 0 Å². The molecule has 1 aromatic carbocycles. The number of carbonyl (C=O) groups is 3. The molecule has 1 atom stereocenters. The number of aromatic nitrogens is 2. The lowest BCUT2D eigenvalue weighted by Gasteiger charge is -2.40. The Labute approximate surface area is 183 Å². The second-order valence-electron chi connectivity index (χ2n) is 8.64. The van der Waals surface area contributed by atoms with Crippen LogP contribution in [-0.2, 0) is 17.8 Å². The Morgan fingerprint density at radius 1 is 1.16 bits per heavy atom. The Morgan fingerprint density at radius 3 is 2.55 bits per heavy atom. The molecule has 0 saturated carbocycles. The van der Waals surface area contributed by atoms with Gasteiger partial charge in [0, 0.05) is 26.2 Å². The van der Waals surface area contributed by atoms with Crippen molar-refractivity contribution in [1.82, 2.24) is 25.3 Å². The van der Waals surface area contributed by atoms with Crippen LogP contribution < -0.4 is 10.6 Å². The van der Waals surface area contributed by atoms with Gasteiger partial charge in [0.1, 0.15) is 11.2 Å². The largest absolute Gasteiger partial charge is 0.354 e. The topological polar surface area (TPSA) is 96.3 Å². The number of rotatable bonds is 8. The Hall–Kier alpha value is -3.16. The molecule has 31 heavy (non-hydrogen) atoms. The number of amides is 3. The number of likely N-dealkylation sites (N-methyl/N-ethyl adjacent to an activating group) is 1. The van der Waals surface area contributed by atoms with E-state index in [4.69, 9.17) is 0 Å². The van der Waals surface area contributed by atoms with Crippen LogP contribution in [0.2, 0.25) is 0 Å². The summed E-state index contributed by atoms with van der Waals surface area (Å²) in [6, 6.07) is 11.4. The summed E-state index contributed by atoms with van der Waals surface area (Å²) < 4.78 is 1.47. The minimum Gasteiger partial charge on any atom is -0.354 e. The van der Waals surface area contributed by atoms with Gasteiger partial charge in [0.25, 0.3) is 11.8 Å². The molecule has 1 aromatic heterocycles. The van der Waals surface area contributed by atoms with Crippen LogP contribution in [0.5, 0.6) is 0 Å². The molecular weight excluding hydrogens is 394 g/mol. The zero-order valence-electron chi connectivity index (χ0n) is 18.6. The zero-order chi connectivity index (χ0) is 22.6. The second kappa shape index (κ2) is 9.32. The van der Waals surface area contributed by atoms with Gasteiger partial charge in [0.05, 0.1) is 6.54 Å². The van der Waals surface area contributed by atoms with Gasteiger partial charge in [-0.3, -0.25) is 19.1 Å². The van der Waals surface area contributed by atoms with E-state index in [9.17, 15) is 14.4 Å². The Kier molecular flexibility index (Phi) is 6.77. The molecule has 0 aliphatic carbocycles. The second-order valence-corrected chi connectivity index (χ2v) is 8.64. The van der Waals surface area contributed by atoms with Crippen molar-refractivity contribution in [2.24, 2.45) is 5.92 Å². The van der Waals surface area contributed by atoms with Crippen LogP contribution in [0.4, 0.5) is 0 Å². The molecule has 2 N–H and O–H groups in total. The molecular formula is C23H31N5O3. The summed E-state index contributed by atoms with van der Waals surface area (Å²) in [6.07, 6.45) is 1.57. The van der Waals surface area contributed by atoms with Crippen molar-refractivity contribution in [1.29, 1.82) is 0 Å². The van der Waals surface area contributed by atoms with Crippen LogP contribution in [0.15, 0.2) is 36.4 Å². The predicted octanol–water partition coefficient (Wildman–Crippen LogP) is 1.86. The summed E-state index contributed by atoms with van der Waals surface area (Å²) in [7, 11) is 1.61. The first-order chi connectivity index (χ1) is 14.7. The smallest absolute Gasteiger partial charge is 0.272 e. The normalized spacial score (nSPS) is 18.1. The zero-order valence-corrected chi connectivity index (χ0v) is 18.6. The highest BCUT2D eigenvalue weighted by Crippen LogP contribution is 2.26. The molecule has 8 nitrogen and oxygen atoms in total. The molecule has 0 unspecified atom stereocenters. The number of fused-ring (bicyclic) bond motifs is 1. The van der Waals surface area contributed by atoms with Crippen LogP contribution in [-0.4, -0.2) is 58.1 Å². The standard InChI is InChI=1S/C23H31N5O3/c1-16(2)10-12-25-22(31)23(3)15-28-19(21(30)27(23)4)14-18(26-28)20(29)24-13-11-17-8-6-5-7-9-17/h5-9,14,16H,10-13,15H2,1-4H3,(H,24,29)(H,25,31)/t23-/m1/s1. The number of carbonyl (C=O) groups excluding carboxylic acids is 3. The van der Waals surface area contributed by atoms with Gasteiger partial charge in [-0.15, -0.1) is 0 Å². The SMILES string of the molecule is CC(C)CCNC(=O)[C@@]1(C)Cn2nc(C(=O)NCCc3ccccc3)cc2C(=O)N1C. The van der Waals surface area contributed by atoms with E-state index < -0.39 is 5.54 Å². The van der Waals surface area contributed by atoms with Crippen LogP contribution in [0, 0.1) is 5.92 Å². The quantitative estimate of drug-likeness (QED) is 0.675. The average molecular weight is 426 g/mol.